The lowest BCUT2D eigenvalue weighted by atomic mass is 10.1. The number of aryl methyl sites for hydroxylation is 2. The number of aromatic nitrogens is 5. The quantitative estimate of drug-likeness (QED) is 0.563. The summed E-state index contributed by atoms with van der Waals surface area (Å²) in [6.07, 6.45) is 5.40. The average Bonchev–Trinajstić information content (AvgIpc) is 3.15. The summed E-state index contributed by atoms with van der Waals surface area (Å²) in [7, 11) is 0. The second kappa shape index (κ2) is 5.21. The molecule has 3 aromatic heterocycles. The molecular weight excluding hydrogens is 310 g/mol. The van der Waals surface area contributed by atoms with Crippen LogP contribution >= 0.6 is 11.6 Å². The Morgan fingerprint density at radius 2 is 1.87 bits per heavy atom. The van der Waals surface area contributed by atoms with Gasteiger partial charge in [-0.3, -0.25) is 4.57 Å². The highest BCUT2D eigenvalue weighted by molar-refractivity contribution is 6.30. The van der Waals surface area contributed by atoms with Crippen LogP contribution in [0.3, 0.4) is 0 Å². The number of hydrogen-bond acceptors (Lipinski definition) is 3. The van der Waals surface area contributed by atoms with E-state index in [1.165, 1.54) is 0 Å². The molecule has 0 saturated heterocycles. The van der Waals surface area contributed by atoms with Gasteiger partial charge in [-0.15, -0.1) is 0 Å². The minimum Gasteiger partial charge on any atom is -0.290 e. The Kier molecular flexibility index (Phi) is 3.16. The van der Waals surface area contributed by atoms with Gasteiger partial charge in [-0.2, -0.15) is 9.61 Å². The van der Waals surface area contributed by atoms with Gasteiger partial charge < -0.3 is 0 Å². The molecule has 0 fully saturated rings. The molecular formula is C17H14ClN5. The molecule has 0 N–H and O–H groups in total. The molecule has 1 aromatic carbocycles. The minimum absolute atomic E-state index is 0.714. The van der Waals surface area contributed by atoms with Gasteiger partial charge in [0.2, 0.25) is 0 Å². The van der Waals surface area contributed by atoms with E-state index in [9.17, 15) is 0 Å². The molecule has 0 aliphatic carbocycles. The number of imidazole rings is 1. The Bertz CT molecular complexity index is 984. The highest BCUT2D eigenvalue weighted by Gasteiger charge is 2.16. The lowest BCUT2D eigenvalue weighted by molar-refractivity contribution is 0.836. The van der Waals surface area contributed by atoms with E-state index in [-0.39, 0.29) is 0 Å². The maximum atomic E-state index is 6.00. The third-order valence-corrected chi connectivity index (χ3v) is 4.03. The molecule has 0 atom stereocenters. The number of hydrogen-bond donors (Lipinski definition) is 0. The van der Waals surface area contributed by atoms with Crippen molar-refractivity contribution in [2.75, 3.05) is 0 Å². The predicted octanol–water partition coefficient (Wildman–Crippen LogP) is 3.85. The van der Waals surface area contributed by atoms with Crippen molar-refractivity contribution in [2.24, 2.45) is 0 Å². The standard InChI is InChI=1S/C17H14ClN5/c1-11-9-15(22-8-7-19-10-22)23-17(20-11)16(12(2)21-23)13-3-5-14(18)6-4-13/h3-10H,1-2H3. The van der Waals surface area contributed by atoms with Crippen molar-refractivity contribution in [1.29, 1.82) is 0 Å². The molecule has 0 amide bonds. The van der Waals surface area contributed by atoms with Gasteiger partial charge in [0.05, 0.1) is 5.69 Å². The summed E-state index contributed by atoms with van der Waals surface area (Å²) in [6, 6.07) is 9.74. The molecule has 0 aliphatic heterocycles. The van der Waals surface area contributed by atoms with Crippen LogP contribution in [0.4, 0.5) is 0 Å². The van der Waals surface area contributed by atoms with Crippen molar-refractivity contribution >= 4 is 17.2 Å². The van der Waals surface area contributed by atoms with Gasteiger partial charge in [0.1, 0.15) is 12.1 Å². The summed E-state index contributed by atoms with van der Waals surface area (Å²) in [6.45, 7) is 3.97. The number of rotatable bonds is 2. The Hall–Kier alpha value is -2.66. The molecule has 114 valence electrons. The van der Waals surface area contributed by atoms with Gasteiger partial charge in [-0.05, 0) is 31.5 Å². The Labute approximate surface area is 138 Å². The van der Waals surface area contributed by atoms with Crippen molar-refractivity contribution in [3.05, 3.63) is 65.5 Å². The van der Waals surface area contributed by atoms with Crippen LogP contribution in [0.25, 0.3) is 22.6 Å². The maximum Gasteiger partial charge on any atom is 0.165 e. The van der Waals surface area contributed by atoms with Crippen molar-refractivity contribution in [2.45, 2.75) is 13.8 Å². The van der Waals surface area contributed by atoms with E-state index in [1.807, 2.05) is 59.5 Å². The van der Waals surface area contributed by atoms with E-state index in [0.29, 0.717) is 5.02 Å². The Morgan fingerprint density at radius 3 is 2.57 bits per heavy atom. The topological polar surface area (TPSA) is 48.0 Å². The van der Waals surface area contributed by atoms with Crippen LogP contribution in [-0.2, 0) is 0 Å². The second-order valence-electron chi connectivity index (χ2n) is 5.43. The fourth-order valence-corrected chi connectivity index (χ4v) is 2.88. The van der Waals surface area contributed by atoms with Gasteiger partial charge in [-0.25, -0.2) is 9.97 Å². The van der Waals surface area contributed by atoms with Crippen molar-refractivity contribution in [3.63, 3.8) is 0 Å². The largest absolute Gasteiger partial charge is 0.290 e. The van der Waals surface area contributed by atoms with E-state index in [2.05, 4.69) is 10.1 Å². The first-order chi connectivity index (χ1) is 11.1. The number of fused-ring (bicyclic) bond motifs is 1. The molecule has 5 nitrogen and oxygen atoms in total. The predicted molar refractivity (Wildman–Crippen MR) is 90.0 cm³/mol. The van der Waals surface area contributed by atoms with Crippen LogP contribution in [0, 0.1) is 13.8 Å². The second-order valence-corrected chi connectivity index (χ2v) is 5.86. The molecule has 0 unspecified atom stereocenters. The smallest absolute Gasteiger partial charge is 0.165 e. The lowest BCUT2D eigenvalue weighted by Gasteiger charge is -2.07. The highest BCUT2D eigenvalue weighted by Crippen LogP contribution is 2.29. The van der Waals surface area contributed by atoms with E-state index < -0.39 is 0 Å². The summed E-state index contributed by atoms with van der Waals surface area (Å²) in [5, 5.41) is 5.40. The molecule has 0 spiro atoms. The molecule has 4 aromatic rings. The summed E-state index contributed by atoms with van der Waals surface area (Å²) < 4.78 is 3.79. The van der Waals surface area contributed by atoms with Crippen LogP contribution < -0.4 is 0 Å². The van der Waals surface area contributed by atoms with Crippen LogP contribution in [0.1, 0.15) is 11.4 Å². The van der Waals surface area contributed by atoms with E-state index in [4.69, 9.17) is 16.6 Å². The Morgan fingerprint density at radius 1 is 1.09 bits per heavy atom. The molecule has 0 saturated carbocycles. The molecule has 0 bridgehead atoms. The van der Waals surface area contributed by atoms with Crippen molar-refractivity contribution in [1.82, 2.24) is 24.1 Å². The third kappa shape index (κ3) is 2.29. The lowest BCUT2D eigenvalue weighted by Crippen LogP contribution is -2.04. The molecule has 0 aliphatic rings. The third-order valence-electron chi connectivity index (χ3n) is 3.78. The van der Waals surface area contributed by atoms with Gasteiger partial charge >= 0.3 is 0 Å². The van der Waals surface area contributed by atoms with Crippen LogP contribution in [0.15, 0.2) is 49.1 Å². The first-order valence-electron chi connectivity index (χ1n) is 7.25. The molecule has 6 heteroatoms. The van der Waals surface area contributed by atoms with Gasteiger partial charge in [-0.1, -0.05) is 23.7 Å². The van der Waals surface area contributed by atoms with Crippen LogP contribution in [0.5, 0.6) is 0 Å². The van der Waals surface area contributed by atoms with E-state index in [0.717, 1.165) is 34.0 Å². The minimum atomic E-state index is 0.714. The fourth-order valence-electron chi connectivity index (χ4n) is 2.76. The van der Waals surface area contributed by atoms with Gasteiger partial charge in [0.15, 0.2) is 5.65 Å². The fraction of sp³-hybridized carbons (Fsp3) is 0.118. The molecule has 23 heavy (non-hydrogen) atoms. The normalized spacial score (nSPS) is 11.3. The first kappa shape index (κ1) is 14.0. The number of benzene rings is 1. The molecule has 3 heterocycles. The van der Waals surface area contributed by atoms with E-state index in [1.54, 1.807) is 12.5 Å². The van der Waals surface area contributed by atoms with E-state index >= 15 is 0 Å². The number of nitrogens with zero attached hydrogens (tertiary/aromatic N) is 5. The van der Waals surface area contributed by atoms with Gasteiger partial charge in [0.25, 0.3) is 0 Å². The van der Waals surface area contributed by atoms with Crippen molar-refractivity contribution in [3.8, 4) is 16.9 Å². The first-order valence-corrected chi connectivity index (χ1v) is 7.62. The highest BCUT2D eigenvalue weighted by atomic mass is 35.5. The zero-order chi connectivity index (χ0) is 16.0. The zero-order valence-corrected chi connectivity index (χ0v) is 13.5. The SMILES string of the molecule is Cc1cc(-n2ccnc2)n2nc(C)c(-c3ccc(Cl)cc3)c2n1. The monoisotopic (exact) mass is 323 g/mol. The van der Waals surface area contributed by atoms with Gasteiger partial charge in [0, 0.05) is 34.7 Å². The number of halogens is 1. The Balaban J connectivity index is 2.03. The summed E-state index contributed by atoms with van der Waals surface area (Å²) in [4.78, 5) is 8.82. The summed E-state index contributed by atoms with van der Waals surface area (Å²) in [5.41, 5.74) is 4.75. The molecule has 0 radical (unpaired) electrons. The average molecular weight is 324 g/mol. The van der Waals surface area contributed by atoms with Crippen molar-refractivity contribution < 1.29 is 0 Å². The maximum absolute atomic E-state index is 6.00. The van der Waals surface area contributed by atoms with Crippen LogP contribution in [0.2, 0.25) is 5.02 Å². The molecule has 4 rings (SSSR count). The zero-order valence-electron chi connectivity index (χ0n) is 12.7. The summed E-state index contributed by atoms with van der Waals surface area (Å²) in [5.74, 6) is 0.910. The van der Waals surface area contributed by atoms with Crippen LogP contribution in [-0.4, -0.2) is 24.1 Å². The summed E-state index contributed by atoms with van der Waals surface area (Å²) >= 11 is 6.00.